The van der Waals surface area contributed by atoms with E-state index in [1.165, 1.54) is 11.3 Å². The third kappa shape index (κ3) is 4.12. The summed E-state index contributed by atoms with van der Waals surface area (Å²) >= 11 is 7.59. The number of carbonyl (C=O) groups is 2. The zero-order valence-electron chi connectivity index (χ0n) is 15.4. The number of benzene rings is 1. The summed E-state index contributed by atoms with van der Waals surface area (Å²) in [6.45, 7) is 2.59. The van der Waals surface area contributed by atoms with Crippen LogP contribution in [0.2, 0.25) is 5.02 Å². The van der Waals surface area contributed by atoms with Crippen LogP contribution in [0.4, 0.5) is 10.3 Å². The Bertz CT molecular complexity index is 874. The lowest BCUT2D eigenvalue weighted by Crippen LogP contribution is -2.43. The van der Waals surface area contributed by atoms with Crippen molar-refractivity contribution < 1.29 is 9.59 Å². The second-order valence-electron chi connectivity index (χ2n) is 7.11. The molecule has 148 valence electrons. The van der Waals surface area contributed by atoms with Gasteiger partial charge in [0.1, 0.15) is 0 Å². The largest absolute Gasteiger partial charge is 0.352 e. The van der Waals surface area contributed by atoms with Crippen LogP contribution in [0.1, 0.15) is 31.2 Å². The zero-order chi connectivity index (χ0) is 19.5. The molecule has 1 N–H and O–H groups in total. The Morgan fingerprint density at radius 1 is 1.21 bits per heavy atom. The average Bonchev–Trinajstić information content (AvgIpc) is 3.36. The van der Waals surface area contributed by atoms with Gasteiger partial charge < -0.3 is 10.2 Å². The fourth-order valence-corrected chi connectivity index (χ4v) is 4.76. The molecule has 0 spiro atoms. The van der Waals surface area contributed by atoms with E-state index in [1.54, 1.807) is 4.90 Å². The molecular weight excluding hydrogens is 398 g/mol. The van der Waals surface area contributed by atoms with E-state index < -0.39 is 0 Å². The van der Waals surface area contributed by atoms with Crippen LogP contribution in [-0.2, 0) is 16.1 Å². The zero-order valence-corrected chi connectivity index (χ0v) is 17.0. The van der Waals surface area contributed by atoms with E-state index in [2.05, 4.69) is 20.4 Å². The van der Waals surface area contributed by atoms with Gasteiger partial charge in [-0.2, -0.15) is 0 Å². The van der Waals surface area contributed by atoms with Gasteiger partial charge in [-0.25, -0.2) is 0 Å². The fraction of sp³-hybridized carbons (Fsp3) is 0.474. The van der Waals surface area contributed by atoms with Gasteiger partial charge in [0, 0.05) is 37.6 Å². The molecule has 7 nitrogen and oxygen atoms in total. The van der Waals surface area contributed by atoms with Gasteiger partial charge in [-0.1, -0.05) is 41.1 Å². The van der Waals surface area contributed by atoms with Crippen LogP contribution < -0.4 is 15.1 Å². The van der Waals surface area contributed by atoms with E-state index in [-0.39, 0.29) is 17.7 Å². The minimum Gasteiger partial charge on any atom is -0.352 e. The maximum absolute atomic E-state index is 12.7. The minimum absolute atomic E-state index is 0.0316. The highest BCUT2D eigenvalue weighted by molar-refractivity contribution is 7.19. The quantitative estimate of drug-likeness (QED) is 0.806. The number of hydrogen-bond donors (Lipinski definition) is 1. The predicted octanol–water partition coefficient (Wildman–Crippen LogP) is 2.85. The van der Waals surface area contributed by atoms with Crippen molar-refractivity contribution in [1.29, 1.82) is 0 Å². The molecule has 2 fully saturated rings. The molecule has 4 rings (SSSR count). The Morgan fingerprint density at radius 2 is 2.04 bits per heavy atom. The summed E-state index contributed by atoms with van der Waals surface area (Å²) in [6, 6.07) is 7.52. The van der Waals surface area contributed by atoms with E-state index in [4.69, 9.17) is 11.6 Å². The highest BCUT2D eigenvalue weighted by Gasteiger charge is 2.30. The van der Waals surface area contributed by atoms with Crippen LogP contribution in [0.15, 0.2) is 24.3 Å². The number of halogens is 1. The van der Waals surface area contributed by atoms with E-state index in [1.807, 2.05) is 24.3 Å². The van der Waals surface area contributed by atoms with Gasteiger partial charge in [-0.15, -0.1) is 10.2 Å². The first-order valence-corrected chi connectivity index (χ1v) is 10.7. The van der Waals surface area contributed by atoms with Crippen molar-refractivity contribution in [2.45, 2.75) is 32.2 Å². The Kier molecular flexibility index (Phi) is 5.77. The van der Waals surface area contributed by atoms with Crippen LogP contribution in [0.5, 0.6) is 0 Å². The number of nitrogens with zero attached hydrogens (tertiary/aromatic N) is 4. The van der Waals surface area contributed by atoms with E-state index in [9.17, 15) is 9.59 Å². The number of anilines is 2. The molecule has 0 saturated carbocycles. The number of nitrogens with one attached hydrogen (secondary N) is 1. The van der Waals surface area contributed by atoms with Gasteiger partial charge in [0.2, 0.25) is 22.1 Å². The predicted molar refractivity (Wildman–Crippen MR) is 110 cm³/mol. The lowest BCUT2D eigenvalue weighted by Gasteiger charge is -2.31. The summed E-state index contributed by atoms with van der Waals surface area (Å²) in [6.07, 6.45) is 3.21. The second-order valence-corrected chi connectivity index (χ2v) is 8.45. The van der Waals surface area contributed by atoms with Crippen molar-refractivity contribution >= 4 is 45.0 Å². The van der Waals surface area contributed by atoms with Crippen molar-refractivity contribution in [2.75, 3.05) is 29.4 Å². The Morgan fingerprint density at radius 3 is 2.82 bits per heavy atom. The normalized spacial score (nSPS) is 19.9. The molecule has 1 aromatic carbocycles. The number of rotatable bonds is 5. The molecule has 2 saturated heterocycles. The van der Waals surface area contributed by atoms with Gasteiger partial charge >= 0.3 is 0 Å². The lowest BCUT2D eigenvalue weighted by molar-refractivity contribution is -0.125. The molecular formula is C19H22ClN5O2S. The first kappa shape index (κ1) is 19.1. The van der Waals surface area contributed by atoms with Crippen LogP contribution in [0, 0.1) is 5.92 Å². The van der Waals surface area contributed by atoms with Gasteiger partial charge in [-0.3, -0.25) is 14.5 Å². The molecule has 2 amide bonds. The number of piperidine rings is 1. The molecule has 2 aliphatic rings. The number of hydrogen-bond acceptors (Lipinski definition) is 6. The Balaban J connectivity index is 1.36. The summed E-state index contributed by atoms with van der Waals surface area (Å²) in [5, 5.41) is 13.6. The maximum Gasteiger partial charge on any atom is 0.228 e. The van der Waals surface area contributed by atoms with Crippen molar-refractivity contribution in [3.63, 3.8) is 0 Å². The molecule has 2 aliphatic heterocycles. The summed E-state index contributed by atoms with van der Waals surface area (Å²) in [7, 11) is 0. The number of aromatic nitrogens is 2. The first-order valence-electron chi connectivity index (χ1n) is 9.52. The first-order chi connectivity index (χ1) is 13.6. The van der Waals surface area contributed by atoms with Crippen LogP contribution in [0.3, 0.4) is 0 Å². The number of amides is 2. The van der Waals surface area contributed by atoms with Gasteiger partial charge in [0.05, 0.1) is 5.92 Å². The highest BCUT2D eigenvalue weighted by Crippen LogP contribution is 2.32. The molecule has 0 aliphatic carbocycles. The molecule has 0 bridgehead atoms. The van der Waals surface area contributed by atoms with Gasteiger partial charge in [-0.05, 0) is 30.9 Å². The minimum atomic E-state index is -0.1000. The van der Waals surface area contributed by atoms with Crippen LogP contribution in [0.25, 0.3) is 0 Å². The third-order valence-electron chi connectivity index (χ3n) is 5.18. The Labute approximate surface area is 172 Å². The smallest absolute Gasteiger partial charge is 0.228 e. The fourth-order valence-electron chi connectivity index (χ4n) is 3.63. The molecule has 9 heteroatoms. The third-order valence-corrected chi connectivity index (χ3v) is 6.56. The van der Waals surface area contributed by atoms with E-state index >= 15 is 0 Å². The molecule has 0 unspecified atom stereocenters. The molecule has 1 atom stereocenters. The molecule has 1 aromatic heterocycles. The van der Waals surface area contributed by atoms with Crippen molar-refractivity contribution in [1.82, 2.24) is 15.5 Å². The topological polar surface area (TPSA) is 78.4 Å². The summed E-state index contributed by atoms with van der Waals surface area (Å²) < 4.78 is 0. The Hall–Kier alpha value is -2.19. The van der Waals surface area contributed by atoms with E-state index in [0.717, 1.165) is 36.5 Å². The summed E-state index contributed by atoms with van der Waals surface area (Å²) in [5.74, 6) is 0.0410. The SMILES string of the molecule is O=C(NCc1ccccc1Cl)[C@H]1CCCN(c2nnc(N3CCCC3=O)s2)C1. The van der Waals surface area contributed by atoms with E-state index in [0.29, 0.717) is 36.2 Å². The maximum atomic E-state index is 12.7. The van der Waals surface area contributed by atoms with Crippen LogP contribution in [-0.4, -0.2) is 41.6 Å². The number of carbonyl (C=O) groups excluding carboxylic acids is 2. The van der Waals surface area contributed by atoms with Crippen molar-refractivity contribution in [2.24, 2.45) is 5.92 Å². The molecule has 2 aromatic rings. The van der Waals surface area contributed by atoms with Crippen molar-refractivity contribution in [3.05, 3.63) is 34.9 Å². The standard InChI is InChI=1S/C19H22ClN5O2S/c20-15-7-2-1-5-13(15)11-21-17(27)14-6-3-9-24(12-14)18-22-23-19(28-18)25-10-4-8-16(25)26/h1-2,5,7,14H,3-4,6,8-12H2,(H,21,27)/t14-/m0/s1. The summed E-state index contributed by atoms with van der Waals surface area (Å²) in [4.78, 5) is 28.4. The monoisotopic (exact) mass is 419 g/mol. The van der Waals surface area contributed by atoms with Crippen molar-refractivity contribution in [3.8, 4) is 0 Å². The van der Waals surface area contributed by atoms with Gasteiger partial charge in [0.25, 0.3) is 0 Å². The average molecular weight is 420 g/mol. The summed E-state index contributed by atoms with van der Waals surface area (Å²) in [5.41, 5.74) is 0.911. The highest BCUT2D eigenvalue weighted by atomic mass is 35.5. The van der Waals surface area contributed by atoms with Gasteiger partial charge in [0.15, 0.2) is 0 Å². The molecule has 3 heterocycles. The molecule has 28 heavy (non-hydrogen) atoms. The van der Waals surface area contributed by atoms with Crippen LogP contribution >= 0.6 is 22.9 Å². The second kappa shape index (κ2) is 8.45. The lowest BCUT2D eigenvalue weighted by atomic mass is 9.97. The molecule has 0 radical (unpaired) electrons.